The SMILES string of the molecule is N#Cc1cc(NCC(F)(F)CO)ccc1C(F)(F)F. The Balaban J connectivity index is 2.93. The van der Waals surface area contributed by atoms with E-state index in [0.717, 1.165) is 12.1 Å². The summed E-state index contributed by atoms with van der Waals surface area (Å²) >= 11 is 0. The molecule has 0 aliphatic rings. The summed E-state index contributed by atoms with van der Waals surface area (Å²) in [6, 6.07) is 3.76. The van der Waals surface area contributed by atoms with Crippen LogP contribution in [0, 0.1) is 11.3 Å². The quantitative estimate of drug-likeness (QED) is 0.833. The first-order valence-electron chi connectivity index (χ1n) is 5.03. The summed E-state index contributed by atoms with van der Waals surface area (Å²) in [5, 5.41) is 19.1. The average Bonchev–Trinajstić information content (AvgIpc) is 2.35. The molecule has 1 aromatic carbocycles. The van der Waals surface area contributed by atoms with Crippen LogP contribution in [-0.4, -0.2) is 24.2 Å². The summed E-state index contributed by atoms with van der Waals surface area (Å²) in [5.41, 5.74) is -1.85. The molecule has 0 aliphatic carbocycles. The van der Waals surface area contributed by atoms with Crippen molar-refractivity contribution >= 4 is 5.69 Å². The van der Waals surface area contributed by atoms with Crippen LogP contribution in [0.5, 0.6) is 0 Å². The number of benzene rings is 1. The van der Waals surface area contributed by atoms with Crippen LogP contribution in [0.1, 0.15) is 11.1 Å². The molecule has 1 aromatic rings. The Hall–Kier alpha value is -1.88. The maximum absolute atomic E-state index is 12.7. The van der Waals surface area contributed by atoms with E-state index in [-0.39, 0.29) is 5.69 Å². The van der Waals surface area contributed by atoms with Gasteiger partial charge in [-0.25, -0.2) is 8.78 Å². The van der Waals surface area contributed by atoms with Crippen LogP contribution in [0.2, 0.25) is 0 Å². The van der Waals surface area contributed by atoms with Crippen LogP contribution in [0.15, 0.2) is 18.2 Å². The van der Waals surface area contributed by atoms with Gasteiger partial charge in [0.15, 0.2) is 0 Å². The molecule has 0 aromatic heterocycles. The molecule has 104 valence electrons. The Bertz CT molecular complexity index is 493. The fraction of sp³-hybridized carbons (Fsp3) is 0.364. The van der Waals surface area contributed by atoms with Gasteiger partial charge in [0.25, 0.3) is 5.92 Å². The third-order valence-corrected chi connectivity index (χ3v) is 2.23. The van der Waals surface area contributed by atoms with E-state index < -0.39 is 36.4 Å². The van der Waals surface area contributed by atoms with Gasteiger partial charge in [0.1, 0.15) is 6.61 Å². The molecule has 0 aliphatic heterocycles. The van der Waals surface area contributed by atoms with Gasteiger partial charge >= 0.3 is 6.18 Å². The van der Waals surface area contributed by atoms with Crippen LogP contribution in [0.25, 0.3) is 0 Å². The Kier molecular flexibility index (Phi) is 4.32. The highest BCUT2D eigenvalue weighted by molar-refractivity contribution is 5.53. The Labute approximate surface area is 105 Å². The number of nitrogens with one attached hydrogen (secondary N) is 1. The Morgan fingerprint density at radius 3 is 2.32 bits per heavy atom. The van der Waals surface area contributed by atoms with Gasteiger partial charge in [-0.05, 0) is 18.2 Å². The van der Waals surface area contributed by atoms with Crippen molar-refractivity contribution in [3.8, 4) is 6.07 Å². The molecule has 0 fully saturated rings. The van der Waals surface area contributed by atoms with Gasteiger partial charge in [-0.3, -0.25) is 0 Å². The van der Waals surface area contributed by atoms with Crippen molar-refractivity contribution in [2.75, 3.05) is 18.5 Å². The van der Waals surface area contributed by atoms with Gasteiger partial charge < -0.3 is 10.4 Å². The van der Waals surface area contributed by atoms with E-state index in [2.05, 4.69) is 5.32 Å². The molecule has 0 spiro atoms. The molecule has 0 bridgehead atoms. The normalized spacial score (nSPS) is 12.1. The molecule has 19 heavy (non-hydrogen) atoms. The molecule has 0 atom stereocenters. The molecule has 0 amide bonds. The van der Waals surface area contributed by atoms with E-state index in [1.807, 2.05) is 0 Å². The number of nitrogens with zero attached hydrogens (tertiary/aromatic N) is 1. The number of halogens is 5. The Morgan fingerprint density at radius 2 is 1.84 bits per heavy atom. The van der Waals surface area contributed by atoms with Crippen molar-refractivity contribution in [3.05, 3.63) is 29.3 Å². The van der Waals surface area contributed by atoms with Gasteiger partial charge in [0, 0.05) is 5.69 Å². The topological polar surface area (TPSA) is 56.0 Å². The van der Waals surface area contributed by atoms with Crippen LogP contribution >= 0.6 is 0 Å². The lowest BCUT2D eigenvalue weighted by molar-refractivity contribution is -0.137. The van der Waals surface area contributed by atoms with Crippen molar-refractivity contribution in [1.82, 2.24) is 0 Å². The van der Waals surface area contributed by atoms with Crippen molar-refractivity contribution in [2.24, 2.45) is 0 Å². The van der Waals surface area contributed by atoms with Crippen LogP contribution in [0.4, 0.5) is 27.6 Å². The molecule has 0 radical (unpaired) electrons. The standard InChI is InChI=1S/C11H9F5N2O/c12-10(13,6-19)5-18-8-1-2-9(11(14,15)16)7(3-8)4-17/h1-3,18-19H,5-6H2. The zero-order valence-corrected chi connectivity index (χ0v) is 9.43. The minimum absolute atomic E-state index is 0.0577. The number of anilines is 1. The van der Waals surface area contributed by atoms with Gasteiger partial charge in [0.05, 0.1) is 23.7 Å². The minimum atomic E-state index is -4.68. The first-order chi connectivity index (χ1) is 8.69. The molecule has 0 unspecified atom stereocenters. The number of nitriles is 1. The van der Waals surface area contributed by atoms with E-state index in [1.165, 1.54) is 6.07 Å². The first kappa shape index (κ1) is 15.2. The molecule has 3 nitrogen and oxygen atoms in total. The van der Waals surface area contributed by atoms with Gasteiger partial charge in [-0.1, -0.05) is 0 Å². The summed E-state index contributed by atoms with van der Waals surface area (Å²) in [7, 11) is 0. The molecular formula is C11H9F5N2O. The predicted molar refractivity (Wildman–Crippen MR) is 56.7 cm³/mol. The number of alkyl halides is 5. The summed E-state index contributed by atoms with van der Waals surface area (Å²) in [5.74, 6) is -3.39. The molecule has 1 rings (SSSR count). The first-order valence-corrected chi connectivity index (χ1v) is 5.03. The maximum atomic E-state index is 12.7. The zero-order chi connectivity index (χ0) is 14.7. The second kappa shape index (κ2) is 5.40. The number of hydrogen-bond donors (Lipinski definition) is 2. The zero-order valence-electron chi connectivity index (χ0n) is 9.43. The Morgan fingerprint density at radius 1 is 1.21 bits per heavy atom. The number of rotatable bonds is 4. The molecule has 8 heteroatoms. The van der Waals surface area contributed by atoms with Gasteiger partial charge in [-0.2, -0.15) is 18.4 Å². The van der Waals surface area contributed by atoms with Gasteiger partial charge in [-0.15, -0.1) is 0 Å². The van der Waals surface area contributed by atoms with Crippen molar-refractivity contribution < 1.29 is 27.1 Å². The molecular weight excluding hydrogens is 271 g/mol. The van der Waals surface area contributed by atoms with Crippen LogP contribution in [0.3, 0.4) is 0 Å². The summed E-state index contributed by atoms with van der Waals surface area (Å²) in [6.45, 7) is -2.33. The van der Waals surface area contributed by atoms with E-state index >= 15 is 0 Å². The van der Waals surface area contributed by atoms with E-state index in [0.29, 0.717) is 6.07 Å². The van der Waals surface area contributed by atoms with E-state index in [4.69, 9.17) is 10.4 Å². The lowest BCUT2D eigenvalue weighted by Crippen LogP contribution is -2.31. The highest BCUT2D eigenvalue weighted by Gasteiger charge is 2.33. The smallest absolute Gasteiger partial charge is 0.390 e. The van der Waals surface area contributed by atoms with Crippen molar-refractivity contribution in [2.45, 2.75) is 12.1 Å². The minimum Gasteiger partial charge on any atom is -0.390 e. The van der Waals surface area contributed by atoms with E-state index in [9.17, 15) is 22.0 Å². The largest absolute Gasteiger partial charge is 0.417 e. The molecule has 0 saturated heterocycles. The lowest BCUT2D eigenvalue weighted by atomic mass is 10.1. The molecule has 0 saturated carbocycles. The highest BCUT2D eigenvalue weighted by Crippen LogP contribution is 2.33. The molecule has 0 heterocycles. The fourth-order valence-corrected chi connectivity index (χ4v) is 1.28. The average molecular weight is 280 g/mol. The van der Waals surface area contributed by atoms with Crippen LogP contribution < -0.4 is 5.32 Å². The highest BCUT2D eigenvalue weighted by atomic mass is 19.4. The number of aliphatic hydroxyl groups is 1. The second-order valence-corrected chi connectivity index (χ2v) is 3.74. The van der Waals surface area contributed by atoms with Gasteiger partial charge in [0.2, 0.25) is 0 Å². The molecule has 2 N–H and O–H groups in total. The van der Waals surface area contributed by atoms with E-state index in [1.54, 1.807) is 0 Å². The number of hydrogen-bond acceptors (Lipinski definition) is 3. The predicted octanol–water partition coefficient (Wildman–Crippen LogP) is 2.62. The second-order valence-electron chi connectivity index (χ2n) is 3.74. The third kappa shape index (κ3) is 4.06. The van der Waals surface area contributed by atoms with Crippen LogP contribution in [-0.2, 0) is 6.18 Å². The number of aliphatic hydroxyl groups excluding tert-OH is 1. The fourth-order valence-electron chi connectivity index (χ4n) is 1.28. The third-order valence-electron chi connectivity index (χ3n) is 2.23. The summed E-state index contributed by atoms with van der Waals surface area (Å²) < 4.78 is 62.9. The lowest BCUT2D eigenvalue weighted by Gasteiger charge is -2.16. The monoisotopic (exact) mass is 280 g/mol. The maximum Gasteiger partial charge on any atom is 0.417 e. The summed E-state index contributed by atoms with van der Waals surface area (Å²) in [6.07, 6.45) is -4.68. The summed E-state index contributed by atoms with van der Waals surface area (Å²) in [4.78, 5) is 0. The van der Waals surface area contributed by atoms with Crippen molar-refractivity contribution in [1.29, 1.82) is 5.26 Å². The van der Waals surface area contributed by atoms with Crippen molar-refractivity contribution in [3.63, 3.8) is 0 Å².